The number of nitrogens with one attached hydrogen (secondary N) is 1. The molecule has 1 aliphatic heterocycles. The van der Waals surface area contributed by atoms with Gasteiger partial charge in [-0.2, -0.15) is 0 Å². The maximum absolute atomic E-state index is 12.8. The molecule has 2 amide bonds. The molecule has 3 heterocycles. The number of ether oxygens (including phenoxy) is 2. The van der Waals surface area contributed by atoms with Crippen LogP contribution in [0.5, 0.6) is 17.4 Å². The van der Waals surface area contributed by atoms with E-state index in [4.69, 9.17) is 9.47 Å². The van der Waals surface area contributed by atoms with Crippen LogP contribution in [0.1, 0.15) is 6.42 Å². The molecule has 9 heteroatoms. The van der Waals surface area contributed by atoms with Gasteiger partial charge in [0.2, 0.25) is 17.7 Å². The van der Waals surface area contributed by atoms with Gasteiger partial charge < -0.3 is 24.3 Å². The van der Waals surface area contributed by atoms with Gasteiger partial charge in [0.15, 0.2) is 5.82 Å². The standard InChI is InChI=1S/C26H23N5O4/c1-34-22-6-4-5-20(16-22)31-17-18(15-25(31)32)26(33)27-19-7-9-21(10-8-19)35-24-12-11-23(28-29-24)30-13-2-3-14-30/h2-14,16,18H,15,17H2,1H3,(H,27,33). The summed E-state index contributed by atoms with van der Waals surface area (Å²) >= 11 is 0. The van der Waals surface area contributed by atoms with Gasteiger partial charge in [0.05, 0.1) is 13.0 Å². The Bertz CT molecular complexity index is 1320. The summed E-state index contributed by atoms with van der Waals surface area (Å²) in [5, 5.41) is 11.1. The summed E-state index contributed by atoms with van der Waals surface area (Å²) in [4.78, 5) is 26.9. The molecule has 2 aromatic heterocycles. The Morgan fingerprint density at radius 2 is 1.77 bits per heavy atom. The van der Waals surface area contributed by atoms with E-state index in [1.54, 1.807) is 48.4 Å². The van der Waals surface area contributed by atoms with Crippen LogP contribution < -0.4 is 19.7 Å². The lowest BCUT2D eigenvalue weighted by Gasteiger charge is -2.17. The molecule has 0 bridgehead atoms. The van der Waals surface area contributed by atoms with Crippen molar-refractivity contribution in [1.29, 1.82) is 0 Å². The predicted octanol–water partition coefficient (Wildman–Crippen LogP) is 4.06. The molecular weight excluding hydrogens is 446 g/mol. The number of anilines is 2. The third-order valence-electron chi connectivity index (χ3n) is 5.70. The van der Waals surface area contributed by atoms with E-state index < -0.39 is 5.92 Å². The highest BCUT2D eigenvalue weighted by molar-refractivity contribution is 6.03. The van der Waals surface area contributed by atoms with Crippen molar-refractivity contribution < 1.29 is 19.1 Å². The van der Waals surface area contributed by atoms with E-state index in [0.29, 0.717) is 35.4 Å². The van der Waals surface area contributed by atoms with E-state index in [1.807, 2.05) is 53.4 Å². The Morgan fingerprint density at radius 3 is 2.49 bits per heavy atom. The maximum Gasteiger partial charge on any atom is 0.238 e. The molecular formula is C26H23N5O4. The van der Waals surface area contributed by atoms with Crippen molar-refractivity contribution in [2.75, 3.05) is 23.9 Å². The lowest BCUT2D eigenvalue weighted by atomic mass is 10.1. The number of carbonyl (C=O) groups excluding carboxylic acids is 2. The average molecular weight is 470 g/mol. The van der Waals surface area contributed by atoms with Crippen molar-refractivity contribution in [3.05, 3.63) is 85.2 Å². The normalized spacial score (nSPS) is 15.2. The second kappa shape index (κ2) is 9.68. The topological polar surface area (TPSA) is 98.6 Å². The molecule has 5 rings (SSSR count). The molecule has 1 unspecified atom stereocenters. The third-order valence-corrected chi connectivity index (χ3v) is 5.70. The van der Waals surface area contributed by atoms with Gasteiger partial charge >= 0.3 is 0 Å². The molecule has 1 saturated heterocycles. The van der Waals surface area contributed by atoms with Crippen LogP contribution in [0.3, 0.4) is 0 Å². The first-order valence-corrected chi connectivity index (χ1v) is 11.1. The minimum absolute atomic E-state index is 0.0916. The Morgan fingerprint density at radius 1 is 0.971 bits per heavy atom. The van der Waals surface area contributed by atoms with Gasteiger partial charge in [0, 0.05) is 48.9 Å². The molecule has 0 radical (unpaired) electrons. The molecule has 4 aromatic rings. The zero-order valence-electron chi connectivity index (χ0n) is 19.0. The van der Waals surface area contributed by atoms with Crippen LogP contribution in [0.25, 0.3) is 5.82 Å². The van der Waals surface area contributed by atoms with Crippen molar-refractivity contribution in [3.8, 4) is 23.2 Å². The zero-order chi connectivity index (χ0) is 24.2. The van der Waals surface area contributed by atoms with E-state index in [0.717, 1.165) is 5.69 Å². The van der Waals surface area contributed by atoms with Crippen molar-refractivity contribution in [3.63, 3.8) is 0 Å². The summed E-state index contributed by atoms with van der Waals surface area (Å²) in [6.45, 7) is 0.316. The smallest absolute Gasteiger partial charge is 0.238 e. The maximum atomic E-state index is 12.8. The number of nitrogens with zero attached hydrogens (tertiary/aromatic N) is 4. The molecule has 9 nitrogen and oxygen atoms in total. The molecule has 1 atom stereocenters. The number of carbonyl (C=O) groups is 2. The first kappa shape index (κ1) is 22.1. The zero-order valence-corrected chi connectivity index (χ0v) is 19.0. The molecule has 0 spiro atoms. The highest BCUT2D eigenvalue weighted by atomic mass is 16.5. The van der Waals surface area contributed by atoms with E-state index in [9.17, 15) is 9.59 Å². The third kappa shape index (κ3) is 4.98. The summed E-state index contributed by atoms with van der Waals surface area (Å²) < 4.78 is 12.8. The summed E-state index contributed by atoms with van der Waals surface area (Å²) in [6.07, 6.45) is 3.92. The number of methoxy groups -OCH3 is 1. The molecule has 2 aromatic carbocycles. The van der Waals surface area contributed by atoms with E-state index in [1.165, 1.54) is 0 Å². The second-order valence-corrected chi connectivity index (χ2v) is 8.04. The van der Waals surface area contributed by atoms with Crippen LogP contribution in [0.4, 0.5) is 11.4 Å². The number of amides is 2. The quantitative estimate of drug-likeness (QED) is 0.438. The highest BCUT2D eigenvalue weighted by Crippen LogP contribution is 2.29. The van der Waals surface area contributed by atoms with Gasteiger partial charge in [-0.15, -0.1) is 10.2 Å². The fourth-order valence-corrected chi connectivity index (χ4v) is 3.87. The lowest BCUT2D eigenvalue weighted by Crippen LogP contribution is -2.28. The number of hydrogen-bond acceptors (Lipinski definition) is 6. The van der Waals surface area contributed by atoms with Gasteiger partial charge in [0.25, 0.3) is 0 Å². The average Bonchev–Trinajstić information content (AvgIpc) is 3.56. The molecule has 35 heavy (non-hydrogen) atoms. The first-order valence-electron chi connectivity index (χ1n) is 11.1. The summed E-state index contributed by atoms with van der Waals surface area (Å²) in [5.41, 5.74) is 1.33. The highest BCUT2D eigenvalue weighted by Gasteiger charge is 2.35. The van der Waals surface area contributed by atoms with Crippen molar-refractivity contribution in [2.45, 2.75) is 6.42 Å². The van der Waals surface area contributed by atoms with E-state index in [2.05, 4.69) is 15.5 Å². The summed E-state index contributed by atoms with van der Waals surface area (Å²) in [6, 6.07) is 21.6. The molecule has 176 valence electrons. The number of hydrogen-bond donors (Lipinski definition) is 1. The van der Waals surface area contributed by atoms with Gasteiger partial charge in [-0.3, -0.25) is 9.59 Å². The van der Waals surface area contributed by atoms with Gasteiger partial charge in [-0.1, -0.05) is 6.07 Å². The molecule has 0 saturated carbocycles. The van der Waals surface area contributed by atoms with Crippen molar-refractivity contribution in [1.82, 2.24) is 14.8 Å². The van der Waals surface area contributed by atoms with Crippen LogP contribution in [-0.4, -0.2) is 40.2 Å². The number of benzene rings is 2. The van der Waals surface area contributed by atoms with Crippen LogP contribution in [-0.2, 0) is 9.59 Å². The lowest BCUT2D eigenvalue weighted by molar-refractivity contribution is -0.122. The largest absolute Gasteiger partial charge is 0.497 e. The first-order chi connectivity index (χ1) is 17.1. The van der Waals surface area contributed by atoms with Crippen LogP contribution in [0, 0.1) is 5.92 Å². The fourth-order valence-electron chi connectivity index (χ4n) is 3.87. The Kier molecular flexibility index (Phi) is 6.13. The molecule has 1 fully saturated rings. The molecule has 1 N–H and O–H groups in total. The van der Waals surface area contributed by atoms with Crippen LogP contribution in [0.2, 0.25) is 0 Å². The summed E-state index contributed by atoms with van der Waals surface area (Å²) in [7, 11) is 1.58. The number of rotatable bonds is 7. The molecule has 0 aliphatic carbocycles. The Hall–Kier alpha value is -4.66. The fraction of sp³-hybridized carbons (Fsp3) is 0.154. The Labute approximate surface area is 201 Å². The minimum Gasteiger partial charge on any atom is -0.497 e. The number of aromatic nitrogens is 3. The SMILES string of the molecule is COc1cccc(N2CC(C(=O)Nc3ccc(Oc4ccc(-n5cccc5)nn4)cc3)CC2=O)c1. The minimum atomic E-state index is -0.446. The second-order valence-electron chi connectivity index (χ2n) is 8.04. The predicted molar refractivity (Wildman–Crippen MR) is 130 cm³/mol. The van der Waals surface area contributed by atoms with Crippen LogP contribution >= 0.6 is 0 Å². The van der Waals surface area contributed by atoms with Crippen molar-refractivity contribution in [2.24, 2.45) is 5.92 Å². The molecule has 1 aliphatic rings. The van der Waals surface area contributed by atoms with Gasteiger partial charge in [-0.05, 0) is 54.6 Å². The van der Waals surface area contributed by atoms with E-state index >= 15 is 0 Å². The van der Waals surface area contributed by atoms with Gasteiger partial charge in [-0.25, -0.2) is 0 Å². The van der Waals surface area contributed by atoms with Crippen molar-refractivity contribution >= 4 is 23.2 Å². The van der Waals surface area contributed by atoms with Gasteiger partial charge in [0.1, 0.15) is 11.5 Å². The van der Waals surface area contributed by atoms with Crippen LogP contribution in [0.15, 0.2) is 85.2 Å². The van der Waals surface area contributed by atoms with E-state index in [-0.39, 0.29) is 18.2 Å². The monoisotopic (exact) mass is 469 g/mol. The summed E-state index contributed by atoms with van der Waals surface area (Å²) in [5.74, 6) is 1.53. The Balaban J connectivity index is 1.18.